The minimum absolute atomic E-state index is 0.0718. The molecule has 9 heteroatoms. The van der Waals surface area contributed by atoms with Gasteiger partial charge in [0.2, 0.25) is 5.91 Å². The van der Waals surface area contributed by atoms with Gasteiger partial charge in [0.25, 0.3) is 11.6 Å². The molecule has 0 saturated carbocycles. The van der Waals surface area contributed by atoms with Crippen LogP contribution in [0.2, 0.25) is 0 Å². The lowest BCUT2D eigenvalue weighted by Gasteiger charge is -2.14. The van der Waals surface area contributed by atoms with Gasteiger partial charge in [0.15, 0.2) is 18.1 Å². The summed E-state index contributed by atoms with van der Waals surface area (Å²) in [6, 6.07) is 3.10. The molecule has 2 amide bonds. The molecule has 23 heavy (non-hydrogen) atoms. The molecule has 1 aromatic rings. The molecule has 0 saturated heterocycles. The van der Waals surface area contributed by atoms with E-state index < -0.39 is 23.5 Å². The molecule has 0 unspecified atom stereocenters. The van der Waals surface area contributed by atoms with Crippen molar-refractivity contribution >= 4 is 17.5 Å². The number of carbonyl (C=O) groups is 2. The van der Waals surface area contributed by atoms with E-state index >= 15 is 0 Å². The second-order valence-corrected chi connectivity index (χ2v) is 4.56. The Morgan fingerprint density at radius 2 is 2.04 bits per heavy atom. The zero-order valence-corrected chi connectivity index (χ0v) is 13.1. The highest BCUT2D eigenvalue weighted by Crippen LogP contribution is 2.30. The molecule has 1 aromatic carbocycles. The predicted molar refractivity (Wildman–Crippen MR) is 81.4 cm³/mol. The monoisotopic (exact) mass is 325 g/mol. The fourth-order valence-corrected chi connectivity index (χ4v) is 1.71. The number of nitro benzene ring substituents is 1. The van der Waals surface area contributed by atoms with Gasteiger partial charge < -0.3 is 20.1 Å². The van der Waals surface area contributed by atoms with Crippen LogP contribution in [-0.4, -0.2) is 43.0 Å². The Morgan fingerprint density at radius 1 is 1.35 bits per heavy atom. The van der Waals surface area contributed by atoms with Crippen molar-refractivity contribution in [3.05, 3.63) is 28.3 Å². The Morgan fingerprint density at radius 3 is 2.61 bits per heavy atom. The van der Waals surface area contributed by atoms with E-state index in [4.69, 9.17) is 9.47 Å². The highest BCUT2D eigenvalue weighted by molar-refractivity contribution is 5.87. The van der Waals surface area contributed by atoms with Crippen molar-refractivity contribution in [3.63, 3.8) is 0 Å². The summed E-state index contributed by atoms with van der Waals surface area (Å²) < 4.78 is 10.3. The number of rotatable bonds is 8. The standard InChI is InChI=1S/C14H19N3O6/c1-4-15-14(19)9(2)16-13(18)8-23-12-7-10(17(20)21)5-6-11(12)22-3/h5-7,9H,4,8H2,1-3H3,(H,15,19)(H,16,18)/t9-/m0/s1. The van der Waals surface area contributed by atoms with Gasteiger partial charge in [0.05, 0.1) is 18.1 Å². The first-order valence-electron chi connectivity index (χ1n) is 6.91. The average molecular weight is 325 g/mol. The number of benzene rings is 1. The van der Waals surface area contributed by atoms with Gasteiger partial charge in [0.1, 0.15) is 6.04 Å². The number of ether oxygens (including phenoxy) is 2. The fraction of sp³-hybridized carbons (Fsp3) is 0.429. The van der Waals surface area contributed by atoms with Crippen molar-refractivity contribution < 1.29 is 24.0 Å². The highest BCUT2D eigenvalue weighted by atomic mass is 16.6. The van der Waals surface area contributed by atoms with Gasteiger partial charge in [0, 0.05) is 12.6 Å². The van der Waals surface area contributed by atoms with Crippen LogP contribution < -0.4 is 20.1 Å². The summed E-state index contributed by atoms with van der Waals surface area (Å²) in [6.45, 7) is 3.36. The average Bonchev–Trinajstić information content (AvgIpc) is 2.52. The molecular formula is C14H19N3O6. The topological polar surface area (TPSA) is 120 Å². The van der Waals surface area contributed by atoms with Crippen molar-refractivity contribution in [2.75, 3.05) is 20.3 Å². The summed E-state index contributed by atoms with van der Waals surface area (Å²) >= 11 is 0. The third-order valence-corrected chi connectivity index (χ3v) is 2.84. The van der Waals surface area contributed by atoms with E-state index in [2.05, 4.69) is 10.6 Å². The number of nitro groups is 1. The highest BCUT2D eigenvalue weighted by Gasteiger charge is 2.17. The third-order valence-electron chi connectivity index (χ3n) is 2.84. The molecule has 0 aliphatic rings. The second-order valence-electron chi connectivity index (χ2n) is 4.56. The van der Waals surface area contributed by atoms with Crippen LogP contribution in [0.3, 0.4) is 0 Å². The van der Waals surface area contributed by atoms with Gasteiger partial charge in [-0.05, 0) is 19.9 Å². The van der Waals surface area contributed by atoms with Crippen molar-refractivity contribution in [2.24, 2.45) is 0 Å². The number of carbonyl (C=O) groups excluding carboxylic acids is 2. The molecular weight excluding hydrogens is 306 g/mol. The molecule has 1 rings (SSSR count). The quantitative estimate of drug-likeness (QED) is 0.534. The van der Waals surface area contributed by atoms with E-state index in [0.717, 1.165) is 0 Å². The van der Waals surface area contributed by atoms with Crippen LogP contribution in [-0.2, 0) is 9.59 Å². The first kappa shape index (κ1) is 18.2. The maximum absolute atomic E-state index is 11.8. The Kier molecular flexibility index (Phi) is 6.78. The minimum atomic E-state index is -0.710. The Balaban J connectivity index is 2.66. The molecule has 0 heterocycles. The Bertz CT molecular complexity index is 590. The van der Waals surface area contributed by atoms with Crippen LogP contribution >= 0.6 is 0 Å². The van der Waals surface area contributed by atoms with Crippen molar-refractivity contribution in [2.45, 2.75) is 19.9 Å². The van der Waals surface area contributed by atoms with Crippen LogP contribution in [0.15, 0.2) is 18.2 Å². The van der Waals surface area contributed by atoms with Crippen molar-refractivity contribution in [1.82, 2.24) is 10.6 Å². The zero-order valence-electron chi connectivity index (χ0n) is 13.1. The number of likely N-dealkylation sites (N-methyl/N-ethyl adjacent to an activating group) is 1. The molecule has 0 fully saturated rings. The van der Waals surface area contributed by atoms with E-state index in [1.807, 2.05) is 0 Å². The molecule has 0 aliphatic carbocycles. The smallest absolute Gasteiger partial charge is 0.273 e. The predicted octanol–water partition coefficient (Wildman–Crippen LogP) is 0.623. The van der Waals surface area contributed by atoms with Crippen LogP contribution in [0, 0.1) is 10.1 Å². The summed E-state index contributed by atoms with van der Waals surface area (Å²) in [4.78, 5) is 33.5. The second kappa shape index (κ2) is 8.57. The molecule has 9 nitrogen and oxygen atoms in total. The summed E-state index contributed by atoms with van der Waals surface area (Å²) in [5.41, 5.74) is -0.183. The fourth-order valence-electron chi connectivity index (χ4n) is 1.71. The number of non-ortho nitro benzene ring substituents is 1. The Hall–Kier alpha value is -2.84. The summed E-state index contributed by atoms with van der Waals surface area (Å²) in [7, 11) is 1.38. The summed E-state index contributed by atoms with van der Waals surface area (Å²) in [5.74, 6) is -0.506. The van der Waals surface area contributed by atoms with Gasteiger partial charge in [-0.1, -0.05) is 0 Å². The minimum Gasteiger partial charge on any atom is -0.493 e. The van der Waals surface area contributed by atoms with E-state index in [0.29, 0.717) is 6.54 Å². The van der Waals surface area contributed by atoms with Crippen LogP contribution in [0.1, 0.15) is 13.8 Å². The molecule has 0 aromatic heterocycles. The van der Waals surface area contributed by atoms with E-state index in [-0.39, 0.29) is 23.1 Å². The molecule has 0 aliphatic heterocycles. The summed E-state index contributed by atoms with van der Waals surface area (Å²) in [5, 5.41) is 15.8. The normalized spacial score (nSPS) is 11.3. The van der Waals surface area contributed by atoms with Gasteiger partial charge in [-0.25, -0.2) is 0 Å². The first-order valence-corrected chi connectivity index (χ1v) is 6.91. The number of hydrogen-bond acceptors (Lipinski definition) is 6. The zero-order chi connectivity index (χ0) is 17.4. The van der Waals surface area contributed by atoms with E-state index in [1.54, 1.807) is 6.92 Å². The van der Waals surface area contributed by atoms with Gasteiger partial charge in [-0.3, -0.25) is 19.7 Å². The molecule has 0 spiro atoms. The lowest BCUT2D eigenvalue weighted by Crippen LogP contribution is -2.46. The molecule has 2 N–H and O–H groups in total. The van der Waals surface area contributed by atoms with Gasteiger partial charge in [-0.15, -0.1) is 0 Å². The van der Waals surface area contributed by atoms with Crippen molar-refractivity contribution in [3.8, 4) is 11.5 Å². The molecule has 0 radical (unpaired) electrons. The SMILES string of the molecule is CCNC(=O)[C@H](C)NC(=O)COc1cc([N+](=O)[O-])ccc1OC. The van der Waals surface area contributed by atoms with Gasteiger partial charge >= 0.3 is 0 Å². The maximum atomic E-state index is 11.8. The van der Waals surface area contributed by atoms with Gasteiger partial charge in [-0.2, -0.15) is 0 Å². The lowest BCUT2D eigenvalue weighted by atomic mass is 10.3. The van der Waals surface area contributed by atoms with E-state index in [9.17, 15) is 19.7 Å². The number of hydrogen-bond donors (Lipinski definition) is 2. The van der Waals surface area contributed by atoms with Crippen LogP contribution in [0.25, 0.3) is 0 Å². The summed E-state index contributed by atoms with van der Waals surface area (Å²) in [6.07, 6.45) is 0. The largest absolute Gasteiger partial charge is 0.493 e. The third kappa shape index (κ3) is 5.46. The number of nitrogens with one attached hydrogen (secondary N) is 2. The first-order chi connectivity index (χ1) is 10.9. The Labute approximate surface area is 133 Å². The number of methoxy groups -OCH3 is 1. The van der Waals surface area contributed by atoms with Crippen LogP contribution in [0.5, 0.6) is 11.5 Å². The van der Waals surface area contributed by atoms with Crippen LogP contribution in [0.4, 0.5) is 5.69 Å². The number of amides is 2. The maximum Gasteiger partial charge on any atom is 0.273 e. The number of nitrogens with zero attached hydrogens (tertiary/aromatic N) is 1. The molecule has 126 valence electrons. The lowest BCUT2D eigenvalue weighted by molar-refractivity contribution is -0.385. The van der Waals surface area contributed by atoms with E-state index in [1.165, 1.54) is 32.2 Å². The van der Waals surface area contributed by atoms with Crippen molar-refractivity contribution in [1.29, 1.82) is 0 Å². The molecule has 1 atom stereocenters. The molecule has 0 bridgehead atoms.